The third-order valence-electron chi connectivity index (χ3n) is 3.03. The summed E-state index contributed by atoms with van der Waals surface area (Å²) in [5.41, 5.74) is 2.99. The molecule has 2 aromatic rings. The van der Waals surface area contributed by atoms with E-state index >= 15 is 0 Å². The molecule has 0 spiro atoms. The topological polar surface area (TPSA) is 50.7 Å². The monoisotopic (exact) mass is 316 g/mol. The molecule has 0 aliphatic rings. The van der Waals surface area contributed by atoms with Crippen molar-refractivity contribution in [1.29, 1.82) is 0 Å². The lowest BCUT2D eigenvalue weighted by Crippen LogP contribution is -2.26. The molecule has 0 saturated carbocycles. The first kappa shape index (κ1) is 16.0. The standard InChI is InChI=1S/C17H17ClN2O2/c1-13-5-2-3-7-15(13)11-20-22-12-17(21)19-10-14-6-4-8-16(18)9-14/h2-9,11H,10,12H2,1H3,(H,19,21)/b20-11-. The average molecular weight is 317 g/mol. The fourth-order valence-electron chi connectivity index (χ4n) is 1.82. The van der Waals surface area contributed by atoms with Gasteiger partial charge in [-0.05, 0) is 35.7 Å². The van der Waals surface area contributed by atoms with Crippen molar-refractivity contribution in [3.8, 4) is 0 Å². The van der Waals surface area contributed by atoms with Crippen LogP contribution in [0.15, 0.2) is 53.7 Å². The van der Waals surface area contributed by atoms with E-state index in [1.54, 1.807) is 18.3 Å². The normalized spacial score (nSPS) is 10.6. The van der Waals surface area contributed by atoms with Crippen LogP contribution in [0.4, 0.5) is 0 Å². The molecule has 0 atom stereocenters. The number of nitrogens with one attached hydrogen (secondary N) is 1. The maximum atomic E-state index is 11.6. The number of rotatable bonds is 6. The minimum Gasteiger partial charge on any atom is -0.386 e. The molecule has 0 aliphatic carbocycles. The van der Waals surface area contributed by atoms with Crippen molar-refractivity contribution in [2.45, 2.75) is 13.5 Å². The number of hydrogen-bond donors (Lipinski definition) is 1. The van der Waals surface area contributed by atoms with Crippen LogP contribution >= 0.6 is 11.6 Å². The lowest BCUT2D eigenvalue weighted by molar-refractivity contribution is -0.125. The Balaban J connectivity index is 1.73. The van der Waals surface area contributed by atoms with E-state index < -0.39 is 0 Å². The highest BCUT2D eigenvalue weighted by molar-refractivity contribution is 6.30. The summed E-state index contributed by atoms with van der Waals surface area (Å²) in [7, 11) is 0. The Morgan fingerprint density at radius 3 is 2.86 bits per heavy atom. The van der Waals surface area contributed by atoms with E-state index in [4.69, 9.17) is 16.4 Å². The van der Waals surface area contributed by atoms with Crippen molar-refractivity contribution < 1.29 is 9.63 Å². The fourth-order valence-corrected chi connectivity index (χ4v) is 2.03. The largest absolute Gasteiger partial charge is 0.386 e. The summed E-state index contributed by atoms with van der Waals surface area (Å²) in [6.45, 7) is 2.27. The van der Waals surface area contributed by atoms with Crippen molar-refractivity contribution in [2.24, 2.45) is 5.16 Å². The molecule has 4 nitrogen and oxygen atoms in total. The Morgan fingerprint density at radius 1 is 1.27 bits per heavy atom. The van der Waals surface area contributed by atoms with Crippen LogP contribution in [0.1, 0.15) is 16.7 Å². The molecule has 1 amide bonds. The number of carbonyl (C=O) groups is 1. The number of carbonyl (C=O) groups excluding carboxylic acids is 1. The first-order valence-electron chi connectivity index (χ1n) is 6.87. The van der Waals surface area contributed by atoms with Crippen LogP contribution in [-0.4, -0.2) is 18.7 Å². The SMILES string of the molecule is Cc1ccccc1/C=N\OCC(=O)NCc1cccc(Cl)c1. The Morgan fingerprint density at radius 2 is 2.09 bits per heavy atom. The fraction of sp³-hybridized carbons (Fsp3) is 0.176. The highest BCUT2D eigenvalue weighted by Gasteiger charge is 2.02. The van der Waals surface area contributed by atoms with E-state index in [1.165, 1.54) is 0 Å². The maximum Gasteiger partial charge on any atom is 0.261 e. The summed E-state index contributed by atoms with van der Waals surface area (Å²) >= 11 is 5.88. The third kappa shape index (κ3) is 5.22. The molecule has 0 aromatic heterocycles. The number of halogens is 1. The second kappa shape index (κ2) is 8.20. The second-order valence-electron chi connectivity index (χ2n) is 4.77. The number of aryl methyl sites for hydroxylation is 1. The van der Waals surface area contributed by atoms with Crippen molar-refractivity contribution in [1.82, 2.24) is 5.32 Å². The summed E-state index contributed by atoms with van der Waals surface area (Å²) in [4.78, 5) is 16.6. The zero-order valence-corrected chi connectivity index (χ0v) is 13.0. The van der Waals surface area contributed by atoms with E-state index in [2.05, 4.69) is 10.5 Å². The number of hydrogen-bond acceptors (Lipinski definition) is 3. The van der Waals surface area contributed by atoms with Crippen LogP contribution in [0.25, 0.3) is 0 Å². The van der Waals surface area contributed by atoms with Crippen LogP contribution in [0.2, 0.25) is 5.02 Å². The molecule has 22 heavy (non-hydrogen) atoms. The lowest BCUT2D eigenvalue weighted by Gasteiger charge is -2.05. The number of oxime groups is 1. The average Bonchev–Trinajstić information content (AvgIpc) is 2.51. The van der Waals surface area contributed by atoms with Crippen LogP contribution in [0.3, 0.4) is 0 Å². The highest BCUT2D eigenvalue weighted by atomic mass is 35.5. The van der Waals surface area contributed by atoms with Crippen LogP contribution in [0.5, 0.6) is 0 Å². The second-order valence-corrected chi connectivity index (χ2v) is 5.21. The van der Waals surface area contributed by atoms with Gasteiger partial charge in [-0.2, -0.15) is 0 Å². The molecule has 1 N–H and O–H groups in total. The molecule has 5 heteroatoms. The Bertz CT molecular complexity index is 671. The van der Waals surface area contributed by atoms with Gasteiger partial charge in [0.2, 0.25) is 0 Å². The van der Waals surface area contributed by atoms with E-state index in [1.807, 2.05) is 43.3 Å². The first-order chi connectivity index (χ1) is 10.6. The van der Waals surface area contributed by atoms with Crippen molar-refractivity contribution >= 4 is 23.7 Å². The minimum absolute atomic E-state index is 0.122. The third-order valence-corrected chi connectivity index (χ3v) is 3.26. The Hall–Kier alpha value is -2.33. The van der Waals surface area contributed by atoms with Crippen molar-refractivity contribution in [2.75, 3.05) is 6.61 Å². The van der Waals surface area contributed by atoms with Gasteiger partial charge in [0.25, 0.3) is 5.91 Å². The summed E-state index contributed by atoms with van der Waals surface area (Å²) in [5, 5.41) is 7.19. The zero-order chi connectivity index (χ0) is 15.8. The number of amides is 1. The van der Waals surface area contributed by atoms with Gasteiger partial charge in [0.1, 0.15) is 0 Å². The summed E-state index contributed by atoms with van der Waals surface area (Å²) in [6, 6.07) is 15.1. The lowest BCUT2D eigenvalue weighted by atomic mass is 10.1. The van der Waals surface area contributed by atoms with Gasteiger partial charge in [-0.25, -0.2) is 0 Å². The van der Waals surface area contributed by atoms with Gasteiger partial charge in [0.05, 0.1) is 6.21 Å². The van der Waals surface area contributed by atoms with E-state index in [0.717, 1.165) is 16.7 Å². The quantitative estimate of drug-likeness (QED) is 0.656. The highest BCUT2D eigenvalue weighted by Crippen LogP contribution is 2.10. The van der Waals surface area contributed by atoms with Gasteiger partial charge in [0, 0.05) is 11.6 Å². The Labute approximate surface area is 134 Å². The molecule has 114 valence electrons. The molecule has 0 aliphatic heterocycles. The predicted molar refractivity (Wildman–Crippen MR) is 88.0 cm³/mol. The summed E-state index contributed by atoms with van der Waals surface area (Å²) < 4.78 is 0. The molecule has 2 aromatic carbocycles. The van der Waals surface area contributed by atoms with Crippen molar-refractivity contribution in [3.63, 3.8) is 0 Å². The van der Waals surface area contributed by atoms with Gasteiger partial charge in [-0.1, -0.05) is 53.2 Å². The summed E-state index contributed by atoms with van der Waals surface area (Å²) in [5.74, 6) is -0.234. The van der Waals surface area contributed by atoms with Crippen LogP contribution < -0.4 is 5.32 Å². The van der Waals surface area contributed by atoms with Gasteiger partial charge >= 0.3 is 0 Å². The molecule has 0 saturated heterocycles. The van der Waals surface area contributed by atoms with E-state index in [-0.39, 0.29) is 12.5 Å². The molecular weight excluding hydrogens is 300 g/mol. The molecule has 0 fully saturated rings. The smallest absolute Gasteiger partial charge is 0.261 e. The van der Waals surface area contributed by atoms with Gasteiger partial charge < -0.3 is 10.2 Å². The molecule has 0 heterocycles. The minimum atomic E-state index is -0.234. The maximum absolute atomic E-state index is 11.6. The number of benzene rings is 2. The van der Waals surface area contributed by atoms with Crippen LogP contribution in [0, 0.1) is 6.92 Å². The summed E-state index contributed by atoms with van der Waals surface area (Å²) in [6.07, 6.45) is 1.60. The van der Waals surface area contributed by atoms with Crippen LogP contribution in [-0.2, 0) is 16.2 Å². The zero-order valence-electron chi connectivity index (χ0n) is 12.3. The molecule has 2 rings (SSSR count). The molecule has 0 unspecified atom stereocenters. The molecule has 0 radical (unpaired) electrons. The first-order valence-corrected chi connectivity index (χ1v) is 7.25. The van der Waals surface area contributed by atoms with E-state index in [0.29, 0.717) is 11.6 Å². The molecular formula is C17H17ClN2O2. The molecule has 0 bridgehead atoms. The van der Waals surface area contributed by atoms with Gasteiger partial charge in [0.15, 0.2) is 6.61 Å². The van der Waals surface area contributed by atoms with Gasteiger partial charge in [-0.15, -0.1) is 0 Å². The number of nitrogens with zero attached hydrogens (tertiary/aromatic N) is 1. The Kier molecular flexibility index (Phi) is 5.98. The van der Waals surface area contributed by atoms with Gasteiger partial charge in [-0.3, -0.25) is 4.79 Å². The van der Waals surface area contributed by atoms with E-state index in [9.17, 15) is 4.79 Å². The van der Waals surface area contributed by atoms with Crippen molar-refractivity contribution in [3.05, 3.63) is 70.2 Å². The predicted octanol–water partition coefficient (Wildman–Crippen LogP) is 3.32.